The second kappa shape index (κ2) is 9.33. The van der Waals surface area contributed by atoms with Crippen LogP contribution in [0.4, 0.5) is 0 Å². The van der Waals surface area contributed by atoms with Crippen molar-refractivity contribution < 1.29 is 14.3 Å². The summed E-state index contributed by atoms with van der Waals surface area (Å²) in [5.74, 6) is 0.135. The number of aromatic nitrogens is 1. The second-order valence-electron chi connectivity index (χ2n) is 8.02. The maximum atomic E-state index is 12.8. The first-order valence-electron chi connectivity index (χ1n) is 10.6. The fourth-order valence-corrected chi connectivity index (χ4v) is 5.59. The van der Waals surface area contributed by atoms with Crippen LogP contribution in [-0.2, 0) is 14.3 Å². The van der Waals surface area contributed by atoms with Gasteiger partial charge in [0.25, 0.3) is 0 Å². The Bertz CT molecular complexity index is 760. The lowest BCUT2D eigenvalue weighted by Crippen LogP contribution is -2.41. The van der Waals surface area contributed by atoms with Crippen LogP contribution in [0.1, 0.15) is 50.0 Å². The van der Waals surface area contributed by atoms with E-state index in [0.29, 0.717) is 12.7 Å². The van der Waals surface area contributed by atoms with E-state index in [9.17, 15) is 4.79 Å². The molecule has 3 unspecified atom stereocenters. The Morgan fingerprint density at radius 3 is 3.04 bits per heavy atom. The standard InChI is InChI=1S/C22H30N2O3S/c1-16-15-24(12-14-26-16)11-6-13-27-22(25)18-8-3-2-7-17(18)21-23-19-9-4-5-10-20(19)28-21/h4-5,9-10,16-18H,2-3,6-8,11-15H2,1H3. The molecular formula is C22H30N2O3S. The minimum atomic E-state index is -0.0438. The first-order valence-corrected chi connectivity index (χ1v) is 11.4. The van der Waals surface area contributed by atoms with Gasteiger partial charge in [-0.1, -0.05) is 25.0 Å². The van der Waals surface area contributed by atoms with E-state index in [2.05, 4.69) is 24.0 Å². The number of ether oxygens (including phenoxy) is 2. The number of thiazole rings is 1. The largest absolute Gasteiger partial charge is 0.465 e. The van der Waals surface area contributed by atoms with Gasteiger partial charge in [-0.15, -0.1) is 11.3 Å². The van der Waals surface area contributed by atoms with Gasteiger partial charge in [-0.05, 0) is 38.3 Å². The highest BCUT2D eigenvalue weighted by molar-refractivity contribution is 7.18. The number of carbonyl (C=O) groups excluding carboxylic acids is 1. The summed E-state index contributed by atoms with van der Waals surface area (Å²) in [6.45, 7) is 6.32. The molecule has 152 valence electrons. The number of rotatable bonds is 6. The minimum Gasteiger partial charge on any atom is -0.465 e. The summed E-state index contributed by atoms with van der Waals surface area (Å²) >= 11 is 1.73. The van der Waals surface area contributed by atoms with Gasteiger partial charge in [0.2, 0.25) is 0 Å². The Labute approximate surface area is 171 Å². The fourth-order valence-electron chi connectivity index (χ4n) is 4.42. The lowest BCUT2D eigenvalue weighted by molar-refractivity contribution is -0.150. The van der Waals surface area contributed by atoms with Crippen LogP contribution in [0.5, 0.6) is 0 Å². The average molecular weight is 403 g/mol. The summed E-state index contributed by atoms with van der Waals surface area (Å²) in [4.78, 5) is 20.0. The minimum absolute atomic E-state index is 0.0284. The first-order chi connectivity index (χ1) is 13.7. The quantitative estimate of drug-likeness (QED) is 0.535. The van der Waals surface area contributed by atoms with Crippen molar-refractivity contribution in [2.75, 3.05) is 32.8 Å². The third-order valence-electron chi connectivity index (χ3n) is 5.88. The van der Waals surface area contributed by atoms with E-state index in [1.165, 1.54) is 11.1 Å². The third kappa shape index (κ3) is 4.73. The molecule has 1 aliphatic heterocycles. The van der Waals surface area contributed by atoms with Gasteiger partial charge < -0.3 is 9.47 Å². The zero-order valence-electron chi connectivity index (χ0n) is 16.6. The summed E-state index contributed by atoms with van der Waals surface area (Å²) in [5.41, 5.74) is 1.04. The van der Waals surface area contributed by atoms with Crippen LogP contribution in [0, 0.1) is 5.92 Å². The summed E-state index contributed by atoms with van der Waals surface area (Å²) in [7, 11) is 0. The van der Waals surface area contributed by atoms with Gasteiger partial charge in [-0.3, -0.25) is 9.69 Å². The lowest BCUT2D eigenvalue weighted by atomic mass is 9.79. The summed E-state index contributed by atoms with van der Waals surface area (Å²) in [6.07, 6.45) is 5.41. The zero-order chi connectivity index (χ0) is 19.3. The fraction of sp³-hybridized carbons (Fsp3) is 0.636. The molecule has 1 aromatic heterocycles. The molecule has 0 amide bonds. The predicted molar refractivity (Wildman–Crippen MR) is 112 cm³/mol. The van der Waals surface area contributed by atoms with Crippen molar-refractivity contribution in [3.63, 3.8) is 0 Å². The maximum absolute atomic E-state index is 12.8. The molecule has 0 N–H and O–H groups in total. The lowest BCUT2D eigenvalue weighted by Gasteiger charge is -2.31. The van der Waals surface area contributed by atoms with E-state index in [1.54, 1.807) is 11.3 Å². The molecule has 0 radical (unpaired) electrons. The van der Waals surface area contributed by atoms with Crippen molar-refractivity contribution in [3.8, 4) is 0 Å². The number of morpholine rings is 1. The van der Waals surface area contributed by atoms with E-state index < -0.39 is 0 Å². The normalized spacial score (nSPS) is 26.4. The molecule has 1 saturated heterocycles. The predicted octanol–water partition coefficient (Wildman–Crippen LogP) is 4.22. The van der Waals surface area contributed by atoms with Crippen LogP contribution < -0.4 is 0 Å². The Balaban J connectivity index is 1.31. The van der Waals surface area contributed by atoms with Crippen molar-refractivity contribution in [3.05, 3.63) is 29.3 Å². The van der Waals surface area contributed by atoms with Crippen molar-refractivity contribution in [1.82, 2.24) is 9.88 Å². The number of esters is 1. The molecule has 2 heterocycles. The van der Waals surface area contributed by atoms with Crippen molar-refractivity contribution >= 4 is 27.5 Å². The molecule has 1 saturated carbocycles. The van der Waals surface area contributed by atoms with Gasteiger partial charge in [0.05, 0.1) is 40.5 Å². The van der Waals surface area contributed by atoms with Crippen LogP contribution in [0.3, 0.4) is 0 Å². The molecule has 0 spiro atoms. The molecular weight excluding hydrogens is 372 g/mol. The molecule has 1 aromatic carbocycles. The van der Waals surface area contributed by atoms with E-state index >= 15 is 0 Å². The Morgan fingerprint density at radius 2 is 2.18 bits per heavy atom. The maximum Gasteiger partial charge on any atom is 0.309 e. The number of carbonyl (C=O) groups is 1. The first kappa shape index (κ1) is 19.8. The smallest absolute Gasteiger partial charge is 0.309 e. The zero-order valence-corrected chi connectivity index (χ0v) is 17.5. The van der Waals surface area contributed by atoms with Gasteiger partial charge in [-0.25, -0.2) is 4.98 Å². The number of hydrogen-bond acceptors (Lipinski definition) is 6. The number of para-hydroxylation sites is 1. The molecule has 1 aliphatic carbocycles. The van der Waals surface area contributed by atoms with E-state index in [-0.39, 0.29) is 17.8 Å². The monoisotopic (exact) mass is 402 g/mol. The molecule has 4 rings (SSSR count). The van der Waals surface area contributed by atoms with Crippen LogP contribution in [0.15, 0.2) is 24.3 Å². The number of fused-ring (bicyclic) bond motifs is 1. The number of hydrogen-bond donors (Lipinski definition) is 0. The van der Waals surface area contributed by atoms with Gasteiger partial charge in [0, 0.05) is 25.6 Å². The molecule has 3 atom stereocenters. The Morgan fingerprint density at radius 1 is 1.32 bits per heavy atom. The Hall–Kier alpha value is -1.50. The molecule has 2 fully saturated rings. The number of benzene rings is 1. The van der Waals surface area contributed by atoms with Crippen molar-refractivity contribution in [2.24, 2.45) is 5.92 Å². The van der Waals surface area contributed by atoms with Gasteiger partial charge in [-0.2, -0.15) is 0 Å². The number of nitrogens with zero attached hydrogens (tertiary/aromatic N) is 2. The van der Waals surface area contributed by atoms with Crippen LogP contribution >= 0.6 is 11.3 Å². The van der Waals surface area contributed by atoms with E-state index in [0.717, 1.165) is 62.4 Å². The van der Waals surface area contributed by atoms with E-state index in [4.69, 9.17) is 14.5 Å². The van der Waals surface area contributed by atoms with Crippen LogP contribution in [0.2, 0.25) is 0 Å². The highest BCUT2D eigenvalue weighted by Gasteiger charge is 2.35. The molecule has 2 aliphatic rings. The SMILES string of the molecule is CC1CN(CCCOC(=O)C2CCCCC2c2nc3ccccc3s2)CCO1. The summed E-state index contributed by atoms with van der Waals surface area (Å²) in [6, 6.07) is 8.23. The van der Waals surface area contributed by atoms with Crippen LogP contribution in [-0.4, -0.2) is 54.8 Å². The topological polar surface area (TPSA) is 51.7 Å². The van der Waals surface area contributed by atoms with Gasteiger partial charge in [0.15, 0.2) is 0 Å². The third-order valence-corrected chi connectivity index (χ3v) is 7.05. The van der Waals surface area contributed by atoms with Crippen molar-refractivity contribution in [1.29, 1.82) is 0 Å². The summed E-state index contributed by atoms with van der Waals surface area (Å²) in [5, 5.41) is 1.10. The highest BCUT2D eigenvalue weighted by atomic mass is 32.1. The molecule has 0 bridgehead atoms. The molecule has 2 aromatic rings. The van der Waals surface area contributed by atoms with Crippen LogP contribution in [0.25, 0.3) is 10.2 Å². The van der Waals surface area contributed by atoms with Gasteiger partial charge >= 0.3 is 5.97 Å². The Kier molecular flexibility index (Phi) is 6.60. The second-order valence-corrected chi connectivity index (χ2v) is 9.08. The molecule has 28 heavy (non-hydrogen) atoms. The highest BCUT2D eigenvalue weighted by Crippen LogP contribution is 2.41. The average Bonchev–Trinajstić information content (AvgIpc) is 3.15. The van der Waals surface area contributed by atoms with Crippen molar-refractivity contribution in [2.45, 2.75) is 51.0 Å². The summed E-state index contributed by atoms with van der Waals surface area (Å²) < 4.78 is 12.5. The molecule has 6 heteroatoms. The molecule has 5 nitrogen and oxygen atoms in total. The van der Waals surface area contributed by atoms with Gasteiger partial charge in [0.1, 0.15) is 0 Å². The van der Waals surface area contributed by atoms with E-state index in [1.807, 2.05) is 12.1 Å².